The molecule has 15 heavy (non-hydrogen) atoms. The fraction of sp³-hybridized carbons (Fsp3) is 0.455. The number of amides is 1. The van der Waals surface area contributed by atoms with E-state index in [0.29, 0.717) is 13.1 Å². The summed E-state index contributed by atoms with van der Waals surface area (Å²) in [7, 11) is 0. The molecule has 4 heteroatoms. The van der Waals surface area contributed by atoms with Crippen LogP contribution in [-0.4, -0.2) is 28.9 Å². The Labute approximate surface area is 88.9 Å². The Hall–Kier alpha value is -1.45. The second-order valence-electron chi connectivity index (χ2n) is 3.23. The van der Waals surface area contributed by atoms with Crippen molar-refractivity contribution in [1.82, 2.24) is 9.88 Å². The van der Waals surface area contributed by atoms with Crippen LogP contribution in [0.5, 0.6) is 0 Å². The molecule has 0 bridgehead atoms. The predicted octanol–water partition coefficient (Wildman–Crippen LogP) is 2.09. The molecular formula is C11H15FN2O. The fourth-order valence-corrected chi connectivity index (χ4v) is 1.39. The second kappa shape index (κ2) is 5.44. The van der Waals surface area contributed by atoms with E-state index in [0.717, 1.165) is 6.42 Å². The van der Waals surface area contributed by atoms with E-state index in [1.165, 1.54) is 12.3 Å². The smallest absolute Gasteiger partial charge is 0.258 e. The van der Waals surface area contributed by atoms with Crippen molar-refractivity contribution < 1.29 is 9.18 Å². The van der Waals surface area contributed by atoms with Crippen molar-refractivity contribution in [2.24, 2.45) is 0 Å². The molecule has 0 aliphatic heterocycles. The zero-order chi connectivity index (χ0) is 11.3. The molecule has 82 valence electrons. The summed E-state index contributed by atoms with van der Waals surface area (Å²) in [4.78, 5) is 16.9. The number of carbonyl (C=O) groups excluding carboxylic acids is 1. The molecule has 0 fully saturated rings. The lowest BCUT2D eigenvalue weighted by molar-refractivity contribution is 0.0758. The largest absolute Gasteiger partial charge is 0.339 e. The van der Waals surface area contributed by atoms with Crippen LogP contribution < -0.4 is 0 Å². The quantitative estimate of drug-likeness (QED) is 0.713. The number of rotatable bonds is 4. The van der Waals surface area contributed by atoms with Gasteiger partial charge in [0.05, 0.1) is 5.56 Å². The Morgan fingerprint density at radius 2 is 2.27 bits per heavy atom. The Morgan fingerprint density at radius 3 is 2.80 bits per heavy atom. The molecule has 0 N–H and O–H groups in total. The average Bonchev–Trinajstić information content (AvgIpc) is 2.25. The third-order valence-electron chi connectivity index (χ3n) is 2.15. The molecule has 0 aromatic carbocycles. The van der Waals surface area contributed by atoms with Crippen LogP contribution in [0.2, 0.25) is 0 Å². The summed E-state index contributed by atoms with van der Waals surface area (Å²) in [5.41, 5.74) is 0.0489. The molecule has 1 heterocycles. The van der Waals surface area contributed by atoms with E-state index >= 15 is 0 Å². The second-order valence-corrected chi connectivity index (χ2v) is 3.23. The van der Waals surface area contributed by atoms with Crippen LogP contribution in [0.15, 0.2) is 18.3 Å². The first-order chi connectivity index (χ1) is 7.20. The molecule has 1 aromatic heterocycles. The summed E-state index contributed by atoms with van der Waals surface area (Å²) in [6.45, 7) is 5.09. The van der Waals surface area contributed by atoms with E-state index in [4.69, 9.17) is 0 Å². The van der Waals surface area contributed by atoms with Crippen molar-refractivity contribution in [2.75, 3.05) is 13.1 Å². The molecule has 0 aliphatic rings. The van der Waals surface area contributed by atoms with Crippen LogP contribution in [0, 0.1) is 5.95 Å². The van der Waals surface area contributed by atoms with Gasteiger partial charge >= 0.3 is 0 Å². The fourth-order valence-electron chi connectivity index (χ4n) is 1.39. The molecule has 3 nitrogen and oxygen atoms in total. The Morgan fingerprint density at radius 1 is 1.53 bits per heavy atom. The van der Waals surface area contributed by atoms with Gasteiger partial charge < -0.3 is 4.90 Å². The van der Waals surface area contributed by atoms with Gasteiger partial charge in [-0.25, -0.2) is 4.98 Å². The van der Waals surface area contributed by atoms with Gasteiger partial charge in [0.15, 0.2) is 0 Å². The topological polar surface area (TPSA) is 33.2 Å². The van der Waals surface area contributed by atoms with Crippen molar-refractivity contribution in [3.8, 4) is 0 Å². The number of hydrogen-bond donors (Lipinski definition) is 0. The van der Waals surface area contributed by atoms with Crippen LogP contribution in [0.4, 0.5) is 4.39 Å². The van der Waals surface area contributed by atoms with Gasteiger partial charge in [-0.2, -0.15) is 4.39 Å². The van der Waals surface area contributed by atoms with Gasteiger partial charge in [-0.15, -0.1) is 0 Å². The van der Waals surface area contributed by atoms with Crippen molar-refractivity contribution in [1.29, 1.82) is 0 Å². The summed E-state index contributed by atoms with van der Waals surface area (Å²) in [6.07, 6.45) is 2.20. The van der Waals surface area contributed by atoms with Crippen LogP contribution in [0.1, 0.15) is 30.6 Å². The molecule has 1 rings (SSSR count). The maximum Gasteiger partial charge on any atom is 0.258 e. The van der Waals surface area contributed by atoms with Crippen LogP contribution in [0.25, 0.3) is 0 Å². The highest BCUT2D eigenvalue weighted by Gasteiger charge is 2.17. The normalized spacial score (nSPS) is 10.1. The highest BCUT2D eigenvalue weighted by Crippen LogP contribution is 2.07. The molecule has 1 amide bonds. The van der Waals surface area contributed by atoms with Crippen molar-refractivity contribution in [3.05, 3.63) is 29.8 Å². The first kappa shape index (κ1) is 11.6. The number of aromatic nitrogens is 1. The minimum atomic E-state index is -0.697. The number of nitrogens with zero attached hydrogens (tertiary/aromatic N) is 2. The first-order valence-electron chi connectivity index (χ1n) is 5.10. The zero-order valence-corrected chi connectivity index (χ0v) is 9.03. The number of hydrogen-bond acceptors (Lipinski definition) is 2. The van der Waals surface area contributed by atoms with E-state index in [1.54, 1.807) is 11.0 Å². The molecule has 0 atom stereocenters. The van der Waals surface area contributed by atoms with Crippen molar-refractivity contribution >= 4 is 5.91 Å². The summed E-state index contributed by atoms with van der Waals surface area (Å²) < 4.78 is 13.2. The summed E-state index contributed by atoms with van der Waals surface area (Å²) in [5, 5.41) is 0. The predicted molar refractivity (Wildman–Crippen MR) is 56.1 cm³/mol. The third-order valence-corrected chi connectivity index (χ3v) is 2.15. The van der Waals surface area contributed by atoms with Gasteiger partial charge in [-0.3, -0.25) is 4.79 Å². The van der Waals surface area contributed by atoms with Crippen LogP contribution >= 0.6 is 0 Å². The lowest BCUT2D eigenvalue weighted by Gasteiger charge is -2.19. The Balaban J connectivity index is 2.88. The summed E-state index contributed by atoms with van der Waals surface area (Å²) in [5.74, 6) is -0.984. The van der Waals surface area contributed by atoms with Gasteiger partial charge in [0.2, 0.25) is 5.95 Å². The van der Waals surface area contributed by atoms with Crippen LogP contribution in [-0.2, 0) is 0 Å². The average molecular weight is 210 g/mol. The molecule has 1 aromatic rings. The van der Waals surface area contributed by atoms with Crippen molar-refractivity contribution in [3.63, 3.8) is 0 Å². The van der Waals surface area contributed by atoms with Gasteiger partial charge in [0, 0.05) is 19.3 Å². The molecule has 0 radical (unpaired) electrons. The minimum Gasteiger partial charge on any atom is -0.339 e. The van der Waals surface area contributed by atoms with E-state index in [-0.39, 0.29) is 11.5 Å². The van der Waals surface area contributed by atoms with Gasteiger partial charge in [-0.05, 0) is 25.5 Å². The lowest BCUT2D eigenvalue weighted by atomic mass is 10.2. The number of carbonyl (C=O) groups is 1. The van der Waals surface area contributed by atoms with Gasteiger partial charge in [-0.1, -0.05) is 6.92 Å². The Bertz CT molecular complexity index is 341. The summed E-state index contributed by atoms with van der Waals surface area (Å²) >= 11 is 0. The SMILES string of the molecule is CCCN(CC)C(=O)c1cccnc1F. The molecule has 0 saturated carbocycles. The lowest BCUT2D eigenvalue weighted by Crippen LogP contribution is -2.32. The number of halogens is 1. The molecule has 0 unspecified atom stereocenters. The minimum absolute atomic E-state index is 0.0489. The van der Waals surface area contributed by atoms with Crippen LogP contribution in [0.3, 0.4) is 0 Å². The highest BCUT2D eigenvalue weighted by molar-refractivity contribution is 5.94. The van der Waals surface area contributed by atoms with Gasteiger partial charge in [0.25, 0.3) is 5.91 Å². The van der Waals surface area contributed by atoms with E-state index in [2.05, 4.69) is 4.98 Å². The van der Waals surface area contributed by atoms with Gasteiger partial charge in [0.1, 0.15) is 0 Å². The monoisotopic (exact) mass is 210 g/mol. The maximum absolute atomic E-state index is 13.2. The van der Waals surface area contributed by atoms with Crippen molar-refractivity contribution in [2.45, 2.75) is 20.3 Å². The molecule has 0 spiro atoms. The van der Waals surface area contributed by atoms with E-state index < -0.39 is 5.95 Å². The highest BCUT2D eigenvalue weighted by atomic mass is 19.1. The van der Waals surface area contributed by atoms with E-state index in [9.17, 15) is 9.18 Å². The van der Waals surface area contributed by atoms with E-state index in [1.807, 2.05) is 13.8 Å². The standard InChI is InChI=1S/C11H15FN2O/c1-3-8-14(4-2)11(15)9-6-5-7-13-10(9)12/h5-7H,3-4,8H2,1-2H3. The number of pyridine rings is 1. The molecule has 0 aliphatic carbocycles. The Kier molecular flexibility index (Phi) is 4.21. The summed E-state index contributed by atoms with van der Waals surface area (Å²) in [6, 6.07) is 3.03. The molecule has 0 saturated heterocycles. The zero-order valence-electron chi connectivity index (χ0n) is 9.03. The molecular weight excluding hydrogens is 195 g/mol. The third kappa shape index (κ3) is 2.75. The maximum atomic E-state index is 13.2. The first-order valence-corrected chi connectivity index (χ1v) is 5.10.